The molecule has 0 aliphatic heterocycles. The average Bonchev–Trinajstić information content (AvgIpc) is 3.01. The number of aryl methyl sites for hydroxylation is 1. The Hall–Kier alpha value is -1.59. The summed E-state index contributed by atoms with van der Waals surface area (Å²) in [5, 5.41) is 6.77. The molecule has 0 bridgehead atoms. The van der Waals surface area contributed by atoms with Crippen molar-refractivity contribution in [2.75, 3.05) is 20.6 Å². The van der Waals surface area contributed by atoms with E-state index in [9.17, 15) is 4.79 Å². The van der Waals surface area contributed by atoms with Gasteiger partial charge in [-0.1, -0.05) is 0 Å². The van der Waals surface area contributed by atoms with Crippen LogP contribution in [-0.4, -0.2) is 36.0 Å². The lowest BCUT2D eigenvalue weighted by Gasteiger charge is -2.25. The van der Waals surface area contributed by atoms with E-state index in [1.54, 1.807) is 0 Å². The van der Waals surface area contributed by atoms with Crippen molar-refractivity contribution in [2.24, 2.45) is 7.05 Å². The molecule has 1 atom stereocenters. The van der Waals surface area contributed by atoms with Crippen molar-refractivity contribution in [1.82, 2.24) is 14.8 Å². The number of thiophene rings is 1. The number of amides is 1. The van der Waals surface area contributed by atoms with Crippen LogP contribution in [-0.2, 0) is 7.05 Å². The maximum absolute atomic E-state index is 12.0. The molecule has 2 aromatic heterocycles. The number of carbonyl (C=O) groups excluding carboxylic acids is 1. The van der Waals surface area contributed by atoms with E-state index < -0.39 is 0 Å². The quantitative estimate of drug-likeness (QED) is 0.909. The van der Waals surface area contributed by atoms with Crippen LogP contribution in [0.4, 0.5) is 0 Å². The van der Waals surface area contributed by atoms with E-state index in [0.29, 0.717) is 6.54 Å². The third-order valence-corrected chi connectivity index (χ3v) is 3.87. The van der Waals surface area contributed by atoms with Crippen molar-refractivity contribution in [3.8, 4) is 0 Å². The second kappa shape index (κ2) is 6.04. The Labute approximate surface area is 117 Å². The van der Waals surface area contributed by atoms with Crippen LogP contribution in [0, 0.1) is 0 Å². The molecule has 0 fully saturated rings. The first kappa shape index (κ1) is 13.8. The summed E-state index contributed by atoms with van der Waals surface area (Å²) in [7, 11) is 6.06. The van der Waals surface area contributed by atoms with Crippen LogP contribution in [0.5, 0.6) is 0 Å². The maximum Gasteiger partial charge on any atom is 0.252 e. The molecule has 2 aromatic rings. The fraction of sp³-hybridized carbons (Fsp3) is 0.357. The molecule has 4 nitrogen and oxygen atoms in total. The number of likely N-dealkylation sites (N-methyl/N-ethyl adjacent to an activating group) is 1. The van der Waals surface area contributed by atoms with E-state index in [-0.39, 0.29) is 11.9 Å². The van der Waals surface area contributed by atoms with Crippen molar-refractivity contribution in [3.05, 3.63) is 46.4 Å². The molecule has 1 amide bonds. The Balaban J connectivity index is 2.03. The van der Waals surface area contributed by atoms with Crippen LogP contribution >= 0.6 is 11.3 Å². The van der Waals surface area contributed by atoms with Gasteiger partial charge in [0.25, 0.3) is 5.91 Å². The molecule has 0 spiro atoms. The number of rotatable bonds is 5. The second-order valence-corrected chi connectivity index (χ2v) is 5.53. The minimum absolute atomic E-state index is 0.0118. The highest BCUT2D eigenvalue weighted by atomic mass is 32.1. The molecule has 1 N–H and O–H groups in total. The number of carbonyl (C=O) groups is 1. The van der Waals surface area contributed by atoms with Gasteiger partial charge in [0.05, 0.1) is 6.04 Å². The van der Waals surface area contributed by atoms with Crippen LogP contribution in [0.15, 0.2) is 35.2 Å². The minimum Gasteiger partial charge on any atom is -0.353 e. The fourth-order valence-corrected chi connectivity index (χ4v) is 2.69. The summed E-state index contributed by atoms with van der Waals surface area (Å²) in [6, 6.07) is 6.11. The Kier molecular flexibility index (Phi) is 4.39. The number of hydrogen-bond acceptors (Lipinski definition) is 3. The molecule has 2 heterocycles. The normalized spacial score (nSPS) is 12.6. The summed E-state index contributed by atoms with van der Waals surface area (Å²) in [5.41, 5.74) is 1.92. The summed E-state index contributed by atoms with van der Waals surface area (Å²) in [6.45, 7) is 0.597. The molecular weight excluding hydrogens is 258 g/mol. The fourth-order valence-electron chi connectivity index (χ4n) is 2.06. The van der Waals surface area contributed by atoms with E-state index in [1.165, 1.54) is 17.0 Å². The molecule has 0 aliphatic rings. The summed E-state index contributed by atoms with van der Waals surface area (Å²) >= 11 is 1.53. The summed E-state index contributed by atoms with van der Waals surface area (Å²) in [4.78, 5) is 14.1. The minimum atomic E-state index is -0.0118. The Morgan fingerprint density at radius 2 is 2.26 bits per heavy atom. The van der Waals surface area contributed by atoms with Gasteiger partial charge in [-0.15, -0.1) is 0 Å². The van der Waals surface area contributed by atoms with Crippen LogP contribution in [0.3, 0.4) is 0 Å². The van der Waals surface area contributed by atoms with E-state index >= 15 is 0 Å². The highest BCUT2D eigenvalue weighted by molar-refractivity contribution is 7.08. The predicted octanol–water partition coefficient (Wildman–Crippen LogP) is 2.12. The summed E-state index contributed by atoms with van der Waals surface area (Å²) < 4.78 is 2.08. The Morgan fingerprint density at radius 1 is 1.47 bits per heavy atom. The first-order chi connectivity index (χ1) is 9.09. The maximum atomic E-state index is 12.0. The van der Waals surface area contributed by atoms with E-state index in [0.717, 1.165) is 5.56 Å². The first-order valence-corrected chi connectivity index (χ1v) is 7.12. The van der Waals surface area contributed by atoms with E-state index in [1.807, 2.05) is 50.2 Å². The van der Waals surface area contributed by atoms with Gasteiger partial charge < -0.3 is 9.88 Å². The number of nitrogens with zero attached hydrogens (tertiary/aromatic N) is 2. The van der Waals surface area contributed by atoms with Crippen molar-refractivity contribution < 1.29 is 4.79 Å². The lowest BCUT2D eigenvalue weighted by atomic mass is 10.2. The average molecular weight is 277 g/mol. The van der Waals surface area contributed by atoms with E-state index in [2.05, 4.69) is 20.9 Å². The van der Waals surface area contributed by atoms with Crippen molar-refractivity contribution in [2.45, 2.75) is 6.04 Å². The van der Waals surface area contributed by atoms with Gasteiger partial charge in [-0.05, 0) is 37.7 Å². The number of hydrogen-bond donors (Lipinski definition) is 1. The van der Waals surface area contributed by atoms with Crippen molar-refractivity contribution in [3.63, 3.8) is 0 Å². The van der Waals surface area contributed by atoms with Gasteiger partial charge in [-0.3, -0.25) is 9.69 Å². The van der Waals surface area contributed by atoms with Gasteiger partial charge in [0.15, 0.2) is 0 Å². The SMILES string of the molecule is CN(C)[C@@H](CNC(=O)c1ccsc1)c1cccn1C. The van der Waals surface area contributed by atoms with Gasteiger partial charge in [-0.25, -0.2) is 0 Å². The molecule has 2 rings (SSSR count). The van der Waals surface area contributed by atoms with Crippen molar-refractivity contribution in [1.29, 1.82) is 0 Å². The summed E-state index contributed by atoms with van der Waals surface area (Å²) in [5.74, 6) is -0.0118. The van der Waals surface area contributed by atoms with Crippen LogP contribution < -0.4 is 5.32 Å². The van der Waals surface area contributed by atoms with Gasteiger partial charge in [0.1, 0.15) is 0 Å². The molecule has 19 heavy (non-hydrogen) atoms. The molecule has 0 aromatic carbocycles. The highest BCUT2D eigenvalue weighted by Crippen LogP contribution is 2.17. The topological polar surface area (TPSA) is 37.3 Å². The van der Waals surface area contributed by atoms with Gasteiger partial charge >= 0.3 is 0 Å². The van der Waals surface area contributed by atoms with E-state index in [4.69, 9.17) is 0 Å². The monoisotopic (exact) mass is 277 g/mol. The second-order valence-electron chi connectivity index (χ2n) is 4.75. The Bertz CT molecular complexity index is 531. The van der Waals surface area contributed by atoms with Gasteiger partial charge in [-0.2, -0.15) is 11.3 Å². The zero-order valence-corrected chi connectivity index (χ0v) is 12.3. The molecule has 0 aliphatic carbocycles. The Morgan fingerprint density at radius 3 is 2.79 bits per heavy atom. The van der Waals surface area contributed by atoms with Crippen LogP contribution in [0.25, 0.3) is 0 Å². The number of aromatic nitrogens is 1. The smallest absolute Gasteiger partial charge is 0.252 e. The molecule has 0 saturated heterocycles. The van der Waals surface area contributed by atoms with Crippen molar-refractivity contribution >= 4 is 17.2 Å². The lowest BCUT2D eigenvalue weighted by Crippen LogP contribution is -2.35. The zero-order chi connectivity index (χ0) is 13.8. The molecular formula is C14H19N3OS. The number of nitrogens with one attached hydrogen (secondary N) is 1. The first-order valence-electron chi connectivity index (χ1n) is 6.17. The standard InChI is InChI=1S/C14H19N3OS/c1-16(2)13(12-5-4-7-17(12)3)9-15-14(18)11-6-8-19-10-11/h4-8,10,13H,9H2,1-3H3,(H,15,18)/t13-/m0/s1. The largest absolute Gasteiger partial charge is 0.353 e. The molecule has 0 radical (unpaired) electrons. The molecule has 0 unspecified atom stereocenters. The summed E-state index contributed by atoms with van der Waals surface area (Å²) in [6.07, 6.45) is 2.02. The van der Waals surface area contributed by atoms with Crippen LogP contribution in [0.1, 0.15) is 22.1 Å². The molecule has 5 heteroatoms. The zero-order valence-electron chi connectivity index (χ0n) is 11.5. The third-order valence-electron chi connectivity index (χ3n) is 3.19. The molecule has 102 valence electrons. The lowest BCUT2D eigenvalue weighted by molar-refractivity contribution is 0.0941. The molecule has 0 saturated carbocycles. The predicted molar refractivity (Wildman–Crippen MR) is 78.5 cm³/mol. The highest BCUT2D eigenvalue weighted by Gasteiger charge is 2.18. The van der Waals surface area contributed by atoms with Gasteiger partial charge in [0.2, 0.25) is 0 Å². The third kappa shape index (κ3) is 3.24. The van der Waals surface area contributed by atoms with Gasteiger partial charge in [0, 0.05) is 36.4 Å². The van der Waals surface area contributed by atoms with Crippen LogP contribution in [0.2, 0.25) is 0 Å².